The third-order valence-corrected chi connectivity index (χ3v) is 4.34. The second-order valence-corrected chi connectivity index (χ2v) is 6.11. The molecular formula is C20H28N4O2. The lowest BCUT2D eigenvalue weighted by atomic mass is 10.1. The summed E-state index contributed by atoms with van der Waals surface area (Å²) in [5, 5.41) is 11.4. The van der Waals surface area contributed by atoms with Crippen molar-refractivity contribution in [1.29, 1.82) is 5.41 Å². The van der Waals surface area contributed by atoms with Crippen molar-refractivity contribution < 1.29 is 9.47 Å². The van der Waals surface area contributed by atoms with Crippen molar-refractivity contribution >= 4 is 11.7 Å². The number of nitrogens with zero attached hydrogens (tertiary/aromatic N) is 2. The van der Waals surface area contributed by atoms with E-state index in [1.807, 2.05) is 37.3 Å². The number of hydrogen-bond donors (Lipinski definition) is 2. The van der Waals surface area contributed by atoms with Crippen LogP contribution in [0.25, 0.3) is 0 Å². The molecule has 1 aliphatic heterocycles. The van der Waals surface area contributed by atoms with Crippen LogP contribution in [-0.4, -0.2) is 49.9 Å². The molecule has 0 unspecified atom stereocenters. The highest BCUT2D eigenvalue weighted by Crippen LogP contribution is 2.22. The molecule has 1 heterocycles. The van der Waals surface area contributed by atoms with Crippen LogP contribution < -0.4 is 14.8 Å². The van der Waals surface area contributed by atoms with Gasteiger partial charge in [0.15, 0.2) is 0 Å². The Balaban J connectivity index is 1.87. The molecule has 0 aliphatic carbocycles. The number of nitrogens with one attached hydrogen (secondary N) is 2. The van der Waals surface area contributed by atoms with Crippen molar-refractivity contribution in [1.82, 2.24) is 10.2 Å². The summed E-state index contributed by atoms with van der Waals surface area (Å²) in [6, 6.07) is 7.66. The molecule has 6 nitrogen and oxygen atoms in total. The summed E-state index contributed by atoms with van der Waals surface area (Å²) in [5.74, 6) is 2.90. The molecule has 1 aromatic rings. The van der Waals surface area contributed by atoms with Crippen molar-refractivity contribution in [2.24, 2.45) is 4.99 Å². The van der Waals surface area contributed by atoms with Gasteiger partial charge in [-0.15, -0.1) is 0 Å². The summed E-state index contributed by atoms with van der Waals surface area (Å²) in [7, 11) is 3.36. The zero-order valence-corrected chi connectivity index (χ0v) is 15.8. The normalized spacial score (nSPS) is 16.2. The molecule has 0 atom stereocenters. The summed E-state index contributed by atoms with van der Waals surface area (Å²) >= 11 is 0. The maximum Gasteiger partial charge on any atom is 0.124 e. The highest BCUT2D eigenvalue weighted by atomic mass is 16.5. The van der Waals surface area contributed by atoms with E-state index in [9.17, 15) is 0 Å². The molecule has 0 spiro atoms. The van der Waals surface area contributed by atoms with Crippen molar-refractivity contribution in [2.75, 3.05) is 27.2 Å². The highest BCUT2D eigenvalue weighted by Gasteiger charge is 2.23. The van der Waals surface area contributed by atoms with Crippen molar-refractivity contribution in [3.05, 3.63) is 48.7 Å². The van der Waals surface area contributed by atoms with Crippen LogP contribution in [0.1, 0.15) is 19.8 Å². The average Bonchev–Trinajstić information content (AvgIpc) is 2.68. The molecule has 1 fully saturated rings. The molecule has 1 aromatic carbocycles. The molecule has 1 aliphatic rings. The third kappa shape index (κ3) is 5.37. The van der Waals surface area contributed by atoms with E-state index in [1.54, 1.807) is 20.4 Å². The van der Waals surface area contributed by atoms with E-state index in [0.717, 1.165) is 43.0 Å². The van der Waals surface area contributed by atoms with E-state index in [2.05, 4.69) is 21.8 Å². The fraction of sp³-hybridized carbons (Fsp3) is 0.400. The minimum Gasteiger partial charge on any atom is -0.497 e. The van der Waals surface area contributed by atoms with Crippen LogP contribution in [0.3, 0.4) is 0 Å². The van der Waals surface area contributed by atoms with Gasteiger partial charge in [0.2, 0.25) is 0 Å². The summed E-state index contributed by atoms with van der Waals surface area (Å²) in [4.78, 5) is 6.21. The molecule has 26 heavy (non-hydrogen) atoms. The molecule has 2 rings (SSSR count). The lowest BCUT2D eigenvalue weighted by Gasteiger charge is -2.34. The Morgan fingerprint density at radius 2 is 1.88 bits per heavy atom. The zero-order chi connectivity index (χ0) is 18.9. The zero-order valence-electron chi connectivity index (χ0n) is 15.8. The summed E-state index contributed by atoms with van der Waals surface area (Å²) in [6.45, 7) is 7.17. The molecule has 0 amide bonds. The number of aliphatic imine (C=N–C) groups is 1. The molecule has 6 heteroatoms. The quantitative estimate of drug-likeness (QED) is 0.606. The first kappa shape index (κ1) is 19.6. The van der Waals surface area contributed by atoms with Crippen LogP contribution in [0.15, 0.2) is 53.7 Å². The van der Waals surface area contributed by atoms with Gasteiger partial charge in [-0.3, -0.25) is 10.4 Å². The van der Waals surface area contributed by atoms with Crippen LogP contribution in [0.4, 0.5) is 0 Å². The Labute approximate surface area is 155 Å². The van der Waals surface area contributed by atoms with Gasteiger partial charge in [0, 0.05) is 33.0 Å². The number of amidine groups is 2. The van der Waals surface area contributed by atoms with Crippen LogP contribution >= 0.6 is 0 Å². The number of benzene rings is 1. The number of rotatable bonds is 6. The first-order valence-corrected chi connectivity index (χ1v) is 8.74. The van der Waals surface area contributed by atoms with Crippen LogP contribution in [0.2, 0.25) is 0 Å². The largest absolute Gasteiger partial charge is 0.497 e. The predicted molar refractivity (Wildman–Crippen MR) is 106 cm³/mol. The lowest BCUT2D eigenvalue weighted by Crippen LogP contribution is -2.42. The highest BCUT2D eigenvalue weighted by molar-refractivity contribution is 6.04. The summed E-state index contributed by atoms with van der Waals surface area (Å²) in [6.07, 6.45) is 5.40. The van der Waals surface area contributed by atoms with Gasteiger partial charge < -0.3 is 19.7 Å². The van der Waals surface area contributed by atoms with Crippen LogP contribution in [0, 0.1) is 5.41 Å². The Hall–Kier alpha value is -2.76. The molecule has 0 aromatic heterocycles. The number of methoxy groups -OCH3 is 1. The van der Waals surface area contributed by atoms with E-state index in [0.29, 0.717) is 11.7 Å². The van der Waals surface area contributed by atoms with Gasteiger partial charge in [0.25, 0.3) is 0 Å². The van der Waals surface area contributed by atoms with Gasteiger partial charge >= 0.3 is 0 Å². The minimum absolute atomic E-state index is 0.173. The van der Waals surface area contributed by atoms with Gasteiger partial charge in [0.1, 0.15) is 29.3 Å². The number of piperidine rings is 1. The van der Waals surface area contributed by atoms with Crippen LogP contribution in [-0.2, 0) is 0 Å². The number of likely N-dealkylation sites (tertiary alicyclic amines) is 1. The maximum atomic E-state index is 8.42. The van der Waals surface area contributed by atoms with E-state index in [4.69, 9.17) is 14.9 Å². The van der Waals surface area contributed by atoms with Gasteiger partial charge in [0.05, 0.1) is 7.11 Å². The van der Waals surface area contributed by atoms with E-state index < -0.39 is 0 Å². The fourth-order valence-corrected chi connectivity index (χ4v) is 2.84. The minimum atomic E-state index is 0.173. The molecule has 140 valence electrons. The molecule has 0 bridgehead atoms. The maximum absolute atomic E-state index is 8.42. The number of ether oxygens (including phenoxy) is 2. The molecule has 0 radical (unpaired) electrons. The topological polar surface area (TPSA) is 69.9 Å². The molecule has 1 saturated heterocycles. The van der Waals surface area contributed by atoms with Gasteiger partial charge in [-0.25, -0.2) is 0 Å². The van der Waals surface area contributed by atoms with E-state index in [1.165, 1.54) is 0 Å². The van der Waals surface area contributed by atoms with Crippen LogP contribution in [0.5, 0.6) is 11.5 Å². The Kier molecular flexibility index (Phi) is 7.26. The van der Waals surface area contributed by atoms with Crippen molar-refractivity contribution in [3.63, 3.8) is 0 Å². The summed E-state index contributed by atoms with van der Waals surface area (Å²) < 4.78 is 11.2. The fourth-order valence-electron chi connectivity index (χ4n) is 2.84. The van der Waals surface area contributed by atoms with E-state index in [-0.39, 0.29) is 6.10 Å². The second kappa shape index (κ2) is 9.65. The smallest absolute Gasteiger partial charge is 0.124 e. The summed E-state index contributed by atoms with van der Waals surface area (Å²) in [5.41, 5.74) is 0.870. The van der Waals surface area contributed by atoms with Gasteiger partial charge in [-0.05, 0) is 49.0 Å². The third-order valence-electron chi connectivity index (χ3n) is 4.34. The van der Waals surface area contributed by atoms with Crippen molar-refractivity contribution in [3.8, 4) is 11.5 Å². The van der Waals surface area contributed by atoms with E-state index >= 15 is 0 Å². The monoisotopic (exact) mass is 356 g/mol. The standard InChI is InChI=1S/C20H28N4O2/c1-5-23-19(22-3)14-15(2)20(21)24-12-10-18(11-13-24)26-17-8-6-16(25-4)7-9-17/h5-9,14,18,21H,1,10-13H2,2-4H3,(H,22,23)/b15-14-,21-20?. The predicted octanol–water partition coefficient (Wildman–Crippen LogP) is 3.22. The number of hydrogen-bond acceptors (Lipinski definition) is 4. The Morgan fingerprint density at radius 1 is 1.27 bits per heavy atom. The van der Waals surface area contributed by atoms with Gasteiger partial charge in [-0.2, -0.15) is 0 Å². The second-order valence-electron chi connectivity index (χ2n) is 6.11. The Bertz CT molecular complexity index is 672. The average molecular weight is 356 g/mol. The molecule has 2 N–H and O–H groups in total. The van der Waals surface area contributed by atoms with Gasteiger partial charge in [-0.1, -0.05) is 6.58 Å². The van der Waals surface area contributed by atoms with Crippen molar-refractivity contribution in [2.45, 2.75) is 25.9 Å². The first-order valence-electron chi connectivity index (χ1n) is 8.74. The Morgan fingerprint density at radius 3 is 2.42 bits per heavy atom. The molecular weight excluding hydrogens is 328 g/mol. The SMILES string of the molecule is C=CNC(/C=C(/C)C(=N)N1CCC(Oc2ccc(OC)cc2)CC1)=NC. The molecule has 0 saturated carbocycles. The first-order chi connectivity index (χ1) is 12.6. The lowest BCUT2D eigenvalue weighted by molar-refractivity contribution is 0.131.